The van der Waals surface area contributed by atoms with Gasteiger partial charge in [0.15, 0.2) is 0 Å². The molecule has 0 spiro atoms. The molecule has 0 aliphatic carbocycles. The molecule has 166 valence electrons. The first-order valence-electron chi connectivity index (χ1n) is 10.7. The highest BCUT2D eigenvalue weighted by Crippen LogP contribution is 2.34. The number of rotatable bonds is 7. The minimum Gasteiger partial charge on any atom is -0.495 e. The Morgan fingerprint density at radius 2 is 1.97 bits per heavy atom. The lowest BCUT2D eigenvalue weighted by Gasteiger charge is -2.22. The monoisotopic (exact) mass is 432 g/mol. The SMILES string of the molecule is COc1ccc(C)cc1N1CC(C(=O)N(C)Cc2cnn(Cc3ccccc3)c2)CC1=O. The number of hydrogen-bond donors (Lipinski definition) is 0. The normalized spacial score (nSPS) is 15.8. The average Bonchev–Trinajstić information content (AvgIpc) is 3.39. The van der Waals surface area contributed by atoms with Crippen LogP contribution in [0.3, 0.4) is 0 Å². The maximum Gasteiger partial charge on any atom is 0.228 e. The standard InChI is InChI=1S/C25H28N4O3/c1-18-9-10-23(32-3)22(11-18)29-17-21(12-24(29)30)25(31)27(2)14-20-13-26-28(16-20)15-19-7-5-4-6-8-19/h4-11,13,16,21H,12,14-15,17H2,1-3H3. The van der Waals surface area contributed by atoms with Crippen LogP contribution in [0.1, 0.15) is 23.1 Å². The quantitative estimate of drug-likeness (QED) is 0.575. The summed E-state index contributed by atoms with van der Waals surface area (Å²) in [5.41, 5.74) is 3.88. The van der Waals surface area contributed by atoms with Crippen molar-refractivity contribution in [3.8, 4) is 5.75 Å². The fourth-order valence-electron chi connectivity index (χ4n) is 4.13. The Hall–Kier alpha value is -3.61. The Balaban J connectivity index is 1.40. The minimum atomic E-state index is -0.378. The van der Waals surface area contributed by atoms with Crippen molar-refractivity contribution in [3.05, 3.63) is 77.6 Å². The van der Waals surface area contributed by atoms with Gasteiger partial charge < -0.3 is 14.5 Å². The number of amides is 2. The van der Waals surface area contributed by atoms with Gasteiger partial charge in [-0.15, -0.1) is 0 Å². The first-order valence-corrected chi connectivity index (χ1v) is 10.7. The van der Waals surface area contributed by atoms with Crippen molar-refractivity contribution >= 4 is 17.5 Å². The van der Waals surface area contributed by atoms with E-state index in [1.807, 2.05) is 54.2 Å². The lowest BCUT2D eigenvalue weighted by Crippen LogP contribution is -2.34. The summed E-state index contributed by atoms with van der Waals surface area (Å²) >= 11 is 0. The molecule has 1 fully saturated rings. The molecule has 2 amide bonds. The van der Waals surface area contributed by atoms with Gasteiger partial charge in [0.2, 0.25) is 11.8 Å². The Labute approximate surface area is 188 Å². The van der Waals surface area contributed by atoms with Crippen molar-refractivity contribution in [1.29, 1.82) is 0 Å². The third-order valence-corrected chi connectivity index (χ3v) is 5.77. The Kier molecular flexibility index (Phi) is 6.25. The molecule has 1 atom stereocenters. The highest BCUT2D eigenvalue weighted by molar-refractivity contribution is 6.01. The third kappa shape index (κ3) is 4.66. The molecule has 4 rings (SSSR count). The summed E-state index contributed by atoms with van der Waals surface area (Å²) in [6, 6.07) is 15.8. The molecule has 1 unspecified atom stereocenters. The fraction of sp³-hybridized carbons (Fsp3) is 0.320. The second-order valence-corrected chi connectivity index (χ2v) is 8.31. The van der Waals surface area contributed by atoms with Gasteiger partial charge in [-0.3, -0.25) is 14.3 Å². The number of carbonyl (C=O) groups is 2. The molecule has 3 aromatic rings. The number of nitrogens with zero attached hydrogens (tertiary/aromatic N) is 4. The molecule has 0 N–H and O–H groups in total. The van der Waals surface area contributed by atoms with Crippen molar-refractivity contribution in [2.45, 2.75) is 26.4 Å². The van der Waals surface area contributed by atoms with Crippen LogP contribution in [0.5, 0.6) is 5.75 Å². The molecule has 1 aliphatic heterocycles. The summed E-state index contributed by atoms with van der Waals surface area (Å²) < 4.78 is 7.30. The first kappa shape index (κ1) is 21.6. The number of ether oxygens (including phenoxy) is 1. The van der Waals surface area contributed by atoms with E-state index in [-0.39, 0.29) is 24.2 Å². The van der Waals surface area contributed by atoms with Crippen LogP contribution in [-0.4, -0.2) is 47.2 Å². The number of anilines is 1. The van der Waals surface area contributed by atoms with Crippen LogP contribution in [0, 0.1) is 12.8 Å². The molecule has 2 heterocycles. The fourth-order valence-corrected chi connectivity index (χ4v) is 4.13. The van der Waals surface area contributed by atoms with Crippen LogP contribution < -0.4 is 9.64 Å². The molecule has 1 saturated heterocycles. The lowest BCUT2D eigenvalue weighted by molar-refractivity contribution is -0.135. The van der Waals surface area contributed by atoms with Gasteiger partial charge in [0.1, 0.15) is 5.75 Å². The van der Waals surface area contributed by atoms with Crippen molar-refractivity contribution in [2.24, 2.45) is 5.92 Å². The molecule has 0 radical (unpaired) electrons. The van der Waals surface area contributed by atoms with Crippen molar-refractivity contribution in [1.82, 2.24) is 14.7 Å². The molecule has 1 aliphatic rings. The molecular weight excluding hydrogens is 404 g/mol. The van der Waals surface area contributed by atoms with Gasteiger partial charge in [-0.1, -0.05) is 36.4 Å². The van der Waals surface area contributed by atoms with E-state index in [0.29, 0.717) is 25.4 Å². The zero-order valence-corrected chi connectivity index (χ0v) is 18.7. The summed E-state index contributed by atoms with van der Waals surface area (Å²) in [7, 11) is 3.36. The number of carbonyl (C=O) groups excluding carboxylic acids is 2. The largest absolute Gasteiger partial charge is 0.495 e. The predicted molar refractivity (Wildman–Crippen MR) is 122 cm³/mol. The van der Waals surface area contributed by atoms with Crippen LogP contribution in [0.2, 0.25) is 0 Å². The number of aromatic nitrogens is 2. The maximum absolute atomic E-state index is 13.1. The highest BCUT2D eigenvalue weighted by Gasteiger charge is 2.37. The summed E-state index contributed by atoms with van der Waals surface area (Å²) in [5.74, 6) is 0.160. The van der Waals surface area contributed by atoms with Crippen molar-refractivity contribution in [3.63, 3.8) is 0 Å². The summed E-state index contributed by atoms with van der Waals surface area (Å²) in [4.78, 5) is 29.1. The summed E-state index contributed by atoms with van der Waals surface area (Å²) in [5, 5.41) is 4.41. The van der Waals surface area contributed by atoms with E-state index in [4.69, 9.17) is 4.74 Å². The molecule has 32 heavy (non-hydrogen) atoms. The van der Waals surface area contributed by atoms with E-state index >= 15 is 0 Å². The zero-order chi connectivity index (χ0) is 22.7. The molecule has 0 saturated carbocycles. The van der Waals surface area contributed by atoms with Crippen LogP contribution in [0.15, 0.2) is 60.9 Å². The number of hydrogen-bond acceptors (Lipinski definition) is 4. The summed E-state index contributed by atoms with van der Waals surface area (Å²) in [6.07, 6.45) is 3.95. The predicted octanol–water partition coefficient (Wildman–Crippen LogP) is 3.26. The van der Waals surface area contributed by atoms with Gasteiger partial charge in [0.25, 0.3) is 0 Å². The lowest BCUT2D eigenvalue weighted by atomic mass is 10.1. The number of benzene rings is 2. The molecule has 2 aromatic carbocycles. The Morgan fingerprint density at radius 3 is 2.72 bits per heavy atom. The topological polar surface area (TPSA) is 67.7 Å². The molecule has 7 nitrogen and oxygen atoms in total. The van der Waals surface area contributed by atoms with E-state index in [1.165, 1.54) is 5.56 Å². The van der Waals surface area contributed by atoms with Crippen LogP contribution in [-0.2, 0) is 22.7 Å². The van der Waals surface area contributed by atoms with Gasteiger partial charge >= 0.3 is 0 Å². The highest BCUT2D eigenvalue weighted by atomic mass is 16.5. The van der Waals surface area contributed by atoms with Crippen molar-refractivity contribution in [2.75, 3.05) is 25.6 Å². The van der Waals surface area contributed by atoms with Gasteiger partial charge in [-0.25, -0.2) is 0 Å². The van der Waals surface area contributed by atoms with Crippen LogP contribution >= 0.6 is 0 Å². The van der Waals surface area contributed by atoms with Crippen LogP contribution in [0.25, 0.3) is 0 Å². The van der Waals surface area contributed by atoms with Crippen molar-refractivity contribution < 1.29 is 14.3 Å². The third-order valence-electron chi connectivity index (χ3n) is 5.77. The molecule has 0 bridgehead atoms. The zero-order valence-electron chi connectivity index (χ0n) is 18.7. The summed E-state index contributed by atoms with van der Waals surface area (Å²) in [6.45, 7) is 3.46. The van der Waals surface area contributed by atoms with E-state index in [2.05, 4.69) is 17.2 Å². The number of aryl methyl sites for hydroxylation is 1. The van der Waals surface area contributed by atoms with E-state index < -0.39 is 0 Å². The van der Waals surface area contributed by atoms with Gasteiger partial charge in [0, 0.05) is 38.3 Å². The molecular formula is C25H28N4O3. The van der Waals surface area contributed by atoms with Crippen LogP contribution in [0.4, 0.5) is 5.69 Å². The molecule has 1 aromatic heterocycles. The second kappa shape index (κ2) is 9.26. The van der Waals surface area contributed by atoms with Gasteiger partial charge in [0.05, 0.1) is 31.5 Å². The Bertz CT molecular complexity index is 1110. The van der Waals surface area contributed by atoms with E-state index in [1.54, 1.807) is 30.2 Å². The van der Waals surface area contributed by atoms with Gasteiger partial charge in [-0.2, -0.15) is 5.10 Å². The van der Waals surface area contributed by atoms with E-state index in [9.17, 15) is 9.59 Å². The maximum atomic E-state index is 13.1. The smallest absolute Gasteiger partial charge is 0.228 e. The Morgan fingerprint density at radius 1 is 1.19 bits per heavy atom. The first-order chi connectivity index (χ1) is 15.4. The van der Waals surface area contributed by atoms with E-state index in [0.717, 1.165) is 16.8 Å². The minimum absolute atomic E-state index is 0.0386. The van der Waals surface area contributed by atoms with Gasteiger partial charge in [-0.05, 0) is 30.2 Å². The average molecular weight is 433 g/mol. The number of methoxy groups -OCH3 is 1. The second-order valence-electron chi connectivity index (χ2n) is 8.31. The molecule has 7 heteroatoms.